The van der Waals surface area contributed by atoms with Gasteiger partial charge in [-0.15, -0.1) is 0 Å². The van der Waals surface area contributed by atoms with E-state index >= 15 is 0 Å². The third kappa shape index (κ3) is 3.15. The molecule has 1 aromatic carbocycles. The molecule has 2 nitrogen and oxygen atoms in total. The summed E-state index contributed by atoms with van der Waals surface area (Å²) in [5, 5.41) is 0.591. The van der Waals surface area contributed by atoms with Gasteiger partial charge in [-0.1, -0.05) is 60.8 Å². The van der Waals surface area contributed by atoms with Crippen LogP contribution in [0.15, 0.2) is 48.7 Å². The van der Waals surface area contributed by atoms with Crippen LogP contribution in [-0.4, -0.2) is 22.0 Å². The Bertz CT molecular complexity index is 640. The Morgan fingerprint density at radius 1 is 1.04 bits per heavy atom. The molecule has 2 saturated heterocycles. The van der Waals surface area contributed by atoms with Gasteiger partial charge in [0.05, 0.1) is 0 Å². The minimum Gasteiger partial charge on any atom is -0.293 e. The summed E-state index contributed by atoms with van der Waals surface area (Å²) in [6.07, 6.45) is 8.62. The van der Waals surface area contributed by atoms with Crippen LogP contribution in [0, 0.1) is 0 Å². The first-order valence-corrected chi connectivity index (χ1v) is 9.10. The highest BCUT2D eigenvalue weighted by Crippen LogP contribution is 2.44. The predicted molar refractivity (Wildman–Crippen MR) is 94.6 cm³/mol. The van der Waals surface area contributed by atoms with E-state index in [1.54, 1.807) is 0 Å². The number of benzene rings is 1. The van der Waals surface area contributed by atoms with E-state index in [0.29, 0.717) is 23.2 Å². The van der Waals surface area contributed by atoms with Gasteiger partial charge in [0.1, 0.15) is 5.15 Å². The fraction of sp³-hybridized carbons (Fsp3) is 0.450. The first-order chi connectivity index (χ1) is 11.3. The minimum absolute atomic E-state index is 0.591. The number of hydrogen-bond donors (Lipinski definition) is 0. The molecule has 2 bridgehead atoms. The Kier molecular flexibility index (Phi) is 4.37. The van der Waals surface area contributed by atoms with Gasteiger partial charge in [0, 0.05) is 30.7 Å². The molecular formula is C20H23ClN2. The number of aromatic nitrogens is 1. The van der Waals surface area contributed by atoms with E-state index in [4.69, 9.17) is 11.6 Å². The summed E-state index contributed by atoms with van der Waals surface area (Å²) in [6.45, 7) is 1.08. The number of fused-ring (bicyclic) bond motifs is 2. The van der Waals surface area contributed by atoms with Crippen molar-refractivity contribution in [1.82, 2.24) is 9.88 Å². The van der Waals surface area contributed by atoms with Crippen molar-refractivity contribution in [2.24, 2.45) is 0 Å². The molecule has 0 amide bonds. The van der Waals surface area contributed by atoms with Crippen LogP contribution >= 0.6 is 11.6 Å². The summed E-state index contributed by atoms with van der Waals surface area (Å²) in [5.41, 5.74) is 2.79. The van der Waals surface area contributed by atoms with Crippen molar-refractivity contribution in [1.29, 1.82) is 0 Å². The summed E-state index contributed by atoms with van der Waals surface area (Å²) >= 11 is 5.97. The lowest BCUT2D eigenvalue weighted by atomic mass is 9.86. The molecule has 3 heterocycles. The Labute approximate surface area is 143 Å². The fourth-order valence-electron chi connectivity index (χ4n) is 4.48. The third-order valence-electron chi connectivity index (χ3n) is 5.56. The zero-order valence-electron chi connectivity index (χ0n) is 13.4. The molecule has 0 spiro atoms. The van der Waals surface area contributed by atoms with Gasteiger partial charge in [0.25, 0.3) is 0 Å². The van der Waals surface area contributed by atoms with Crippen molar-refractivity contribution >= 4 is 11.6 Å². The van der Waals surface area contributed by atoms with Gasteiger partial charge >= 0.3 is 0 Å². The van der Waals surface area contributed by atoms with E-state index < -0.39 is 0 Å². The lowest BCUT2D eigenvalue weighted by Crippen LogP contribution is -2.35. The first-order valence-electron chi connectivity index (χ1n) is 8.72. The summed E-state index contributed by atoms with van der Waals surface area (Å²) in [5.74, 6) is 0.605. The average molecular weight is 327 g/mol. The molecule has 1 aromatic heterocycles. The van der Waals surface area contributed by atoms with Gasteiger partial charge in [-0.25, -0.2) is 4.98 Å². The minimum atomic E-state index is 0.591. The second-order valence-electron chi connectivity index (χ2n) is 6.92. The highest BCUT2D eigenvalue weighted by molar-refractivity contribution is 6.29. The maximum absolute atomic E-state index is 5.97. The van der Waals surface area contributed by atoms with Gasteiger partial charge in [-0.3, -0.25) is 4.90 Å². The summed E-state index contributed by atoms with van der Waals surface area (Å²) in [7, 11) is 0. The Morgan fingerprint density at radius 3 is 2.65 bits per heavy atom. The molecule has 2 fully saturated rings. The van der Waals surface area contributed by atoms with E-state index in [1.807, 2.05) is 12.3 Å². The monoisotopic (exact) mass is 326 g/mol. The van der Waals surface area contributed by atoms with Crippen molar-refractivity contribution in [3.05, 3.63) is 64.9 Å². The Balaban J connectivity index is 1.60. The van der Waals surface area contributed by atoms with Crippen molar-refractivity contribution in [2.75, 3.05) is 0 Å². The van der Waals surface area contributed by atoms with Crippen LogP contribution in [0.2, 0.25) is 5.15 Å². The second-order valence-corrected chi connectivity index (χ2v) is 7.31. The fourth-order valence-corrected chi connectivity index (χ4v) is 4.59. The van der Waals surface area contributed by atoms with Gasteiger partial charge in [0.2, 0.25) is 0 Å². The summed E-state index contributed by atoms with van der Waals surface area (Å²) in [4.78, 5) is 7.08. The molecule has 2 aromatic rings. The Morgan fingerprint density at radius 2 is 1.87 bits per heavy atom. The smallest absolute Gasteiger partial charge is 0.129 e. The van der Waals surface area contributed by atoms with Crippen molar-refractivity contribution < 1.29 is 0 Å². The largest absolute Gasteiger partial charge is 0.293 e. The molecule has 2 aliphatic heterocycles. The lowest BCUT2D eigenvalue weighted by Gasteiger charge is -2.29. The zero-order chi connectivity index (χ0) is 15.6. The molecular weight excluding hydrogens is 304 g/mol. The Hall–Kier alpha value is -1.38. The van der Waals surface area contributed by atoms with Gasteiger partial charge in [0.15, 0.2) is 0 Å². The molecule has 2 aliphatic rings. The number of halogens is 1. The summed E-state index contributed by atoms with van der Waals surface area (Å²) < 4.78 is 0. The average Bonchev–Trinajstić information content (AvgIpc) is 2.76. The lowest BCUT2D eigenvalue weighted by molar-refractivity contribution is 0.181. The standard InChI is InChI=1S/C20H23ClN2/c21-20-11-10-16(13-22-20)18-12-17-8-4-5-9-19(18)23(17)14-15-6-2-1-3-7-15/h1-3,6-7,10-11,13,17-19H,4-5,8-9,12,14H2/t17-,18+,19+/m0/s1. The molecule has 0 radical (unpaired) electrons. The van der Waals surface area contributed by atoms with Crippen LogP contribution in [0.5, 0.6) is 0 Å². The highest BCUT2D eigenvalue weighted by atomic mass is 35.5. The molecule has 4 rings (SSSR count). The highest BCUT2D eigenvalue weighted by Gasteiger charge is 2.42. The van der Waals surface area contributed by atoms with E-state index in [2.05, 4.69) is 46.3 Å². The molecule has 0 unspecified atom stereocenters. The zero-order valence-corrected chi connectivity index (χ0v) is 14.1. The second kappa shape index (κ2) is 6.62. The van der Waals surface area contributed by atoms with Gasteiger partial charge in [-0.2, -0.15) is 0 Å². The van der Waals surface area contributed by atoms with Crippen LogP contribution in [0.4, 0.5) is 0 Å². The summed E-state index contributed by atoms with van der Waals surface area (Å²) in [6, 6.07) is 16.4. The number of hydrogen-bond acceptors (Lipinski definition) is 2. The maximum atomic E-state index is 5.97. The topological polar surface area (TPSA) is 16.1 Å². The third-order valence-corrected chi connectivity index (χ3v) is 5.78. The van der Waals surface area contributed by atoms with E-state index in [0.717, 1.165) is 6.54 Å². The first kappa shape index (κ1) is 15.2. The van der Waals surface area contributed by atoms with Crippen molar-refractivity contribution in [3.63, 3.8) is 0 Å². The molecule has 23 heavy (non-hydrogen) atoms. The number of rotatable bonds is 3. The molecule has 0 aliphatic carbocycles. The molecule has 3 atom stereocenters. The molecule has 120 valence electrons. The molecule has 0 saturated carbocycles. The quantitative estimate of drug-likeness (QED) is 0.735. The van der Waals surface area contributed by atoms with Crippen molar-refractivity contribution in [2.45, 2.75) is 56.7 Å². The van der Waals surface area contributed by atoms with Crippen LogP contribution in [0.25, 0.3) is 0 Å². The van der Waals surface area contributed by atoms with E-state index in [9.17, 15) is 0 Å². The van der Waals surface area contributed by atoms with Crippen LogP contribution in [-0.2, 0) is 6.54 Å². The van der Waals surface area contributed by atoms with E-state index in [-0.39, 0.29) is 0 Å². The van der Waals surface area contributed by atoms with Crippen molar-refractivity contribution in [3.8, 4) is 0 Å². The normalized spacial score (nSPS) is 27.8. The van der Waals surface area contributed by atoms with Gasteiger partial charge in [-0.05, 0) is 36.5 Å². The van der Waals surface area contributed by atoms with Gasteiger partial charge < -0.3 is 0 Å². The number of nitrogens with zero attached hydrogens (tertiary/aromatic N) is 2. The maximum Gasteiger partial charge on any atom is 0.129 e. The van der Waals surface area contributed by atoms with Crippen LogP contribution < -0.4 is 0 Å². The van der Waals surface area contributed by atoms with Crippen LogP contribution in [0.3, 0.4) is 0 Å². The molecule has 0 N–H and O–H groups in total. The van der Waals surface area contributed by atoms with E-state index in [1.165, 1.54) is 43.2 Å². The predicted octanol–water partition coefficient (Wildman–Crippen LogP) is 5.04. The van der Waals surface area contributed by atoms with Crippen LogP contribution in [0.1, 0.15) is 49.1 Å². The number of pyridine rings is 1. The molecule has 3 heteroatoms. The SMILES string of the molecule is Clc1ccc([C@H]2C[C@@H]3CCCC[C@H]2N3Cc2ccccc2)cn1.